The predicted octanol–water partition coefficient (Wildman–Crippen LogP) is -0.611. The minimum Gasteiger partial charge on any atom is -0.480 e. The van der Waals surface area contributed by atoms with Gasteiger partial charge in [0.2, 0.25) is 11.0 Å². The number of nitrogens with two attached hydrogens (primary N) is 1. The van der Waals surface area contributed by atoms with Crippen LogP contribution in [0.5, 0.6) is 0 Å². The molecule has 23 heavy (non-hydrogen) atoms. The maximum atomic E-state index is 11.6. The van der Waals surface area contributed by atoms with Crippen molar-refractivity contribution in [2.75, 3.05) is 17.3 Å². The summed E-state index contributed by atoms with van der Waals surface area (Å²) in [5, 5.41) is 10.6. The second-order valence-electron chi connectivity index (χ2n) is 4.30. The summed E-state index contributed by atoms with van der Waals surface area (Å²) in [6.07, 6.45) is -0.101. The molecule has 0 saturated heterocycles. The largest absolute Gasteiger partial charge is 0.480 e. The van der Waals surface area contributed by atoms with Crippen molar-refractivity contribution in [1.29, 1.82) is 0 Å². The minimum absolute atomic E-state index is 0.0185. The van der Waals surface area contributed by atoms with Crippen molar-refractivity contribution in [3.63, 3.8) is 0 Å². The first-order valence-electron chi connectivity index (χ1n) is 6.24. The lowest BCUT2D eigenvalue weighted by Gasteiger charge is -2.13. The normalized spacial score (nSPS) is 14.0. The van der Waals surface area contributed by atoms with Crippen molar-refractivity contribution in [1.82, 2.24) is 5.32 Å². The van der Waals surface area contributed by atoms with Crippen LogP contribution in [0.4, 0.5) is 0 Å². The third kappa shape index (κ3) is 11.7. The molecule has 0 radical (unpaired) electrons. The topological polar surface area (TPSA) is 164 Å². The van der Waals surface area contributed by atoms with E-state index in [1.165, 1.54) is 0 Å². The van der Waals surface area contributed by atoms with Crippen LogP contribution in [0.1, 0.15) is 12.8 Å². The Balaban J connectivity index is 4.04. The van der Waals surface area contributed by atoms with Gasteiger partial charge in [-0.2, -0.15) is 21.0 Å². The Kier molecular flexibility index (Phi) is 10.9. The van der Waals surface area contributed by atoms with Gasteiger partial charge in [-0.05, 0) is 17.2 Å². The Morgan fingerprint density at radius 2 is 1.91 bits per heavy atom. The van der Waals surface area contributed by atoms with Crippen LogP contribution < -0.4 is 11.1 Å². The van der Waals surface area contributed by atoms with Crippen LogP contribution in [0.2, 0.25) is 0 Å². The zero-order chi connectivity index (χ0) is 18.0. The quantitative estimate of drug-likeness (QED) is 0.129. The number of nitrogens with one attached hydrogen (secondary N) is 1. The third-order valence-corrected chi connectivity index (χ3v) is 6.01. The fourth-order valence-electron chi connectivity index (χ4n) is 1.16. The van der Waals surface area contributed by atoms with Gasteiger partial charge in [0.15, 0.2) is 0 Å². The van der Waals surface area contributed by atoms with Crippen LogP contribution in [0, 0.1) is 0 Å². The van der Waals surface area contributed by atoms with Crippen LogP contribution in [-0.4, -0.2) is 64.4 Å². The van der Waals surface area contributed by atoms with E-state index >= 15 is 0 Å². The molecule has 2 atom stereocenters. The van der Waals surface area contributed by atoms with E-state index in [-0.39, 0.29) is 24.3 Å². The molecule has 0 aromatic heterocycles. The number of aliphatic carboxylic acids is 1. The highest BCUT2D eigenvalue weighted by molar-refractivity contribution is 8.82. The number of carboxylic acids is 1. The maximum Gasteiger partial charge on any atom is 0.327 e. The van der Waals surface area contributed by atoms with Gasteiger partial charge in [-0.25, -0.2) is 4.79 Å². The Morgan fingerprint density at radius 3 is 2.39 bits per heavy atom. The molecule has 13 heteroatoms. The van der Waals surface area contributed by atoms with Gasteiger partial charge in [-0.3, -0.25) is 14.1 Å². The summed E-state index contributed by atoms with van der Waals surface area (Å²) in [7, 11) is -2.40. The average molecular weight is 407 g/mol. The zero-order valence-corrected chi connectivity index (χ0v) is 15.2. The van der Waals surface area contributed by atoms with E-state index in [0.717, 1.165) is 21.6 Å². The molecule has 0 heterocycles. The first kappa shape index (κ1) is 22.5. The monoisotopic (exact) mass is 406 g/mol. The van der Waals surface area contributed by atoms with Crippen LogP contribution >= 0.6 is 34.2 Å². The third-order valence-electron chi connectivity index (χ3n) is 2.37. The van der Waals surface area contributed by atoms with Crippen molar-refractivity contribution >= 4 is 61.3 Å². The summed E-state index contributed by atoms with van der Waals surface area (Å²) < 4.78 is 29.5. The molecule has 0 rings (SSSR count). The van der Waals surface area contributed by atoms with Gasteiger partial charge in [0.25, 0.3) is 10.1 Å². The molecule has 0 aliphatic heterocycles. The lowest BCUT2D eigenvalue weighted by atomic mass is 10.1. The molecule has 0 saturated carbocycles. The Bertz CT molecular complexity index is 525. The molecule has 5 N–H and O–H groups in total. The van der Waals surface area contributed by atoms with Gasteiger partial charge < -0.3 is 16.2 Å². The highest BCUT2D eigenvalue weighted by Crippen LogP contribution is 2.24. The number of thiol groups is 1. The van der Waals surface area contributed by atoms with Crippen LogP contribution in [-0.2, 0) is 24.5 Å². The molecule has 134 valence electrons. The molecule has 9 nitrogen and oxygen atoms in total. The summed E-state index contributed by atoms with van der Waals surface area (Å²) in [4.78, 5) is 33.9. The molecule has 0 fully saturated rings. The lowest BCUT2D eigenvalue weighted by molar-refractivity contribution is -0.141. The molecule has 0 spiro atoms. The van der Waals surface area contributed by atoms with E-state index in [1.807, 2.05) is 0 Å². The Hall–Kier alpha value is -0.470. The maximum absolute atomic E-state index is 11.6. The van der Waals surface area contributed by atoms with Crippen LogP contribution in [0.25, 0.3) is 0 Å². The first-order valence-corrected chi connectivity index (χ1v) is 10.8. The SMILES string of the molecule is N[C@@H](CCC(=O)N[C@@H](CS)C(=O)O)C(=O)SSCCS(=O)(=O)O. The minimum atomic E-state index is -4.07. The van der Waals surface area contributed by atoms with Crippen LogP contribution in [0.15, 0.2) is 0 Å². The fourth-order valence-corrected chi connectivity index (χ4v) is 4.54. The molecular weight excluding hydrogens is 388 g/mol. The van der Waals surface area contributed by atoms with E-state index in [2.05, 4.69) is 17.9 Å². The molecular formula is C10H18N2O7S4. The summed E-state index contributed by atoms with van der Waals surface area (Å²) in [5.74, 6) is -2.29. The van der Waals surface area contributed by atoms with Crippen molar-refractivity contribution in [3.8, 4) is 0 Å². The van der Waals surface area contributed by atoms with Crippen LogP contribution in [0.3, 0.4) is 0 Å². The standard InChI is InChI=1S/C10H18N2O7S4/c11-6(10(16)22-21-3-4-23(17,18)19)1-2-8(13)12-7(5-20)9(14)15/h6-7,20H,1-5,11H2,(H,12,13)(H,14,15)(H,17,18,19)/t6-,7-/m0/s1. The molecule has 0 aromatic rings. The summed E-state index contributed by atoms with van der Waals surface area (Å²) in [6.45, 7) is 0. The highest BCUT2D eigenvalue weighted by Gasteiger charge is 2.20. The Morgan fingerprint density at radius 1 is 1.30 bits per heavy atom. The summed E-state index contributed by atoms with van der Waals surface area (Å²) in [5.41, 5.74) is 5.59. The molecule has 0 bridgehead atoms. The molecule has 0 aliphatic rings. The number of hydrogen-bond acceptors (Lipinski definition) is 9. The fraction of sp³-hybridized carbons (Fsp3) is 0.700. The van der Waals surface area contributed by atoms with Gasteiger partial charge in [0.05, 0.1) is 11.8 Å². The van der Waals surface area contributed by atoms with E-state index in [1.54, 1.807) is 0 Å². The smallest absolute Gasteiger partial charge is 0.327 e. The molecule has 1 amide bonds. The summed E-state index contributed by atoms with van der Waals surface area (Å²) in [6, 6.07) is -2.05. The van der Waals surface area contributed by atoms with Crippen molar-refractivity contribution in [3.05, 3.63) is 0 Å². The average Bonchev–Trinajstić information content (AvgIpc) is 2.45. The second kappa shape index (κ2) is 11.1. The molecule has 0 aromatic carbocycles. The first-order chi connectivity index (χ1) is 10.6. The number of carbonyl (C=O) groups is 3. The van der Waals surface area contributed by atoms with Crippen molar-refractivity contribution in [2.24, 2.45) is 5.73 Å². The van der Waals surface area contributed by atoms with Crippen molar-refractivity contribution < 1.29 is 32.5 Å². The van der Waals surface area contributed by atoms with E-state index < -0.39 is 44.9 Å². The predicted molar refractivity (Wildman–Crippen MR) is 92.1 cm³/mol. The van der Waals surface area contributed by atoms with Gasteiger partial charge in [-0.15, -0.1) is 0 Å². The number of carboxylic acid groups (broad SMARTS) is 1. The lowest BCUT2D eigenvalue weighted by Crippen LogP contribution is -2.42. The summed E-state index contributed by atoms with van der Waals surface area (Å²) >= 11 is 3.80. The number of amides is 1. The number of rotatable bonds is 11. The number of carbonyl (C=O) groups excluding carboxylic acids is 2. The Labute approximate surface area is 147 Å². The van der Waals surface area contributed by atoms with E-state index in [9.17, 15) is 22.8 Å². The van der Waals surface area contributed by atoms with Gasteiger partial charge in [0.1, 0.15) is 6.04 Å². The van der Waals surface area contributed by atoms with Gasteiger partial charge >= 0.3 is 5.97 Å². The second-order valence-corrected chi connectivity index (χ2v) is 8.65. The van der Waals surface area contributed by atoms with Crippen molar-refractivity contribution in [2.45, 2.75) is 24.9 Å². The zero-order valence-electron chi connectivity index (χ0n) is 11.9. The molecule has 0 unspecified atom stereocenters. The van der Waals surface area contributed by atoms with E-state index in [0.29, 0.717) is 0 Å². The van der Waals surface area contributed by atoms with E-state index in [4.69, 9.17) is 15.4 Å². The van der Waals surface area contributed by atoms with Gasteiger partial charge in [-0.1, -0.05) is 10.8 Å². The molecule has 0 aliphatic carbocycles. The highest BCUT2D eigenvalue weighted by atomic mass is 33.1. The van der Waals surface area contributed by atoms with Gasteiger partial charge in [0, 0.05) is 17.9 Å². The number of hydrogen-bond donors (Lipinski definition) is 5.